The minimum atomic E-state index is 0.138. The lowest BCUT2D eigenvalue weighted by atomic mass is 10.1. The molecule has 0 aromatic carbocycles. The summed E-state index contributed by atoms with van der Waals surface area (Å²) in [6.45, 7) is 5.51. The Morgan fingerprint density at radius 3 is 2.79 bits per heavy atom. The normalized spacial score (nSPS) is 26.7. The predicted octanol–water partition coefficient (Wildman–Crippen LogP) is 2.37. The third kappa shape index (κ3) is 4.67. The van der Waals surface area contributed by atoms with E-state index in [4.69, 9.17) is 0 Å². The number of hydrogen-bond acceptors (Lipinski definition) is 3. The van der Waals surface area contributed by atoms with Gasteiger partial charge in [0.15, 0.2) is 0 Å². The zero-order valence-electron chi connectivity index (χ0n) is 12.4. The molecule has 3 nitrogen and oxygen atoms in total. The van der Waals surface area contributed by atoms with Gasteiger partial charge < -0.3 is 10.2 Å². The molecule has 1 saturated heterocycles. The van der Waals surface area contributed by atoms with Crippen molar-refractivity contribution in [2.24, 2.45) is 11.8 Å². The highest BCUT2D eigenvalue weighted by Crippen LogP contribution is 2.26. The molecule has 2 atom stereocenters. The fourth-order valence-electron chi connectivity index (χ4n) is 3.34. The molecule has 1 saturated carbocycles. The Balaban J connectivity index is 1.68. The van der Waals surface area contributed by atoms with Gasteiger partial charge in [-0.3, -0.25) is 4.79 Å². The highest BCUT2D eigenvalue weighted by molar-refractivity contribution is 7.98. The Bertz CT molecular complexity index is 292. The van der Waals surface area contributed by atoms with E-state index in [-0.39, 0.29) is 11.8 Å². The van der Waals surface area contributed by atoms with Crippen molar-refractivity contribution in [1.82, 2.24) is 10.2 Å². The first-order chi connectivity index (χ1) is 9.19. The molecule has 2 aliphatic rings. The average Bonchev–Trinajstić information content (AvgIpc) is 3.02. The van der Waals surface area contributed by atoms with E-state index < -0.39 is 0 Å². The second kappa shape index (κ2) is 7.53. The molecule has 0 unspecified atom stereocenters. The SMILES string of the molecule is CSC[C@H](C)C(=O)N[C@@H]1CCN(CC2CCCC2)C1. The van der Waals surface area contributed by atoms with E-state index in [0.717, 1.165) is 24.6 Å². The van der Waals surface area contributed by atoms with E-state index in [1.807, 2.05) is 6.92 Å². The van der Waals surface area contributed by atoms with Crippen molar-refractivity contribution in [3.63, 3.8) is 0 Å². The van der Waals surface area contributed by atoms with Gasteiger partial charge in [-0.05, 0) is 31.4 Å². The summed E-state index contributed by atoms with van der Waals surface area (Å²) in [7, 11) is 0. The number of amides is 1. The van der Waals surface area contributed by atoms with Crippen LogP contribution in [0.1, 0.15) is 39.0 Å². The van der Waals surface area contributed by atoms with Crippen molar-refractivity contribution in [3.8, 4) is 0 Å². The number of nitrogens with one attached hydrogen (secondary N) is 1. The summed E-state index contributed by atoms with van der Waals surface area (Å²) in [4.78, 5) is 14.6. The van der Waals surface area contributed by atoms with Crippen molar-refractivity contribution in [1.29, 1.82) is 0 Å². The quantitative estimate of drug-likeness (QED) is 0.813. The Kier molecular flexibility index (Phi) is 6.02. The molecule has 0 spiro atoms. The molecule has 1 N–H and O–H groups in total. The number of carbonyl (C=O) groups excluding carboxylic acids is 1. The molecule has 0 aromatic rings. The number of rotatable bonds is 6. The van der Waals surface area contributed by atoms with Crippen LogP contribution in [0.5, 0.6) is 0 Å². The van der Waals surface area contributed by atoms with Gasteiger partial charge in [-0.1, -0.05) is 19.8 Å². The fourth-order valence-corrected chi connectivity index (χ4v) is 3.99. The van der Waals surface area contributed by atoms with Crippen molar-refractivity contribution in [2.45, 2.75) is 45.1 Å². The lowest BCUT2D eigenvalue weighted by Gasteiger charge is -2.21. The average molecular weight is 284 g/mol. The van der Waals surface area contributed by atoms with Gasteiger partial charge in [0.1, 0.15) is 0 Å². The molecule has 1 amide bonds. The van der Waals surface area contributed by atoms with Crippen molar-refractivity contribution < 1.29 is 4.79 Å². The van der Waals surface area contributed by atoms with Crippen molar-refractivity contribution >= 4 is 17.7 Å². The molecule has 1 aliphatic carbocycles. The third-order valence-electron chi connectivity index (χ3n) is 4.47. The Hall–Kier alpha value is -0.220. The molecule has 2 rings (SSSR count). The van der Waals surface area contributed by atoms with Gasteiger partial charge in [0.05, 0.1) is 0 Å². The first-order valence-electron chi connectivity index (χ1n) is 7.70. The van der Waals surface area contributed by atoms with Crippen LogP contribution in [0.25, 0.3) is 0 Å². The Morgan fingerprint density at radius 2 is 2.11 bits per heavy atom. The van der Waals surface area contributed by atoms with Crippen LogP contribution in [0.4, 0.5) is 0 Å². The summed E-state index contributed by atoms with van der Waals surface area (Å²) in [6.07, 6.45) is 8.86. The summed E-state index contributed by atoms with van der Waals surface area (Å²) in [5.74, 6) is 2.22. The molecular weight excluding hydrogens is 256 g/mol. The number of hydrogen-bond donors (Lipinski definition) is 1. The number of thioether (sulfide) groups is 1. The third-order valence-corrected chi connectivity index (χ3v) is 5.31. The van der Waals surface area contributed by atoms with Crippen LogP contribution < -0.4 is 5.32 Å². The lowest BCUT2D eigenvalue weighted by Crippen LogP contribution is -2.40. The lowest BCUT2D eigenvalue weighted by molar-refractivity contribution is -0.124. The van der Waals surface area contributed by atoms with Crippen molar-refractivity contribution in [2.75, 3.05) is 31.6 Å². The number of carbonyl (C=O) groups is 1. The first kappa shape index (κ1) is 15.2. The van der Waals surface area contributed by atoms with E-state index in [1.54, 1.807) is 11.8 Å². The van der Waals surface area contributed by atoms with Gasteiger partial charge in [-0.25, -0.2) is 0 Å². The van der Waals surface area contributed by atoms with Gasteiger partial charge in [-0.15, -0.1) is 0 Å². The second-order valence-corrected chi connectivity index (χ2v) is 7.17. The smallest absolute Gasteiger partial charge is 0.223 e. The van der Waals surface area contributed by atoms with Gasteiger partial charge in [0, 0.05) is 37.3 Å². The predicted molar refractivity (Wildman–Crippen MR) is 82.5 cm³/mol. The maximum Gasteiger partial charge on any atom is 0.223 e. The number of likely N-dealkylation sites (tertiary alicyclic amines) is 1. The van der Waals surface area contributed by atoms with E-state index in [2.05, 4.69) is 16.5 Å². The van der Waals surface area contributed by atoms with Crippen LogP contribution in [-0.4, -0.2) is 48.5 Å². The van der Waals surface area contributed by atoms with E-state index in [0.29, 0.717) is 6.04 Å². The summed E-state index contributed by atoms with van der Waals surface area (Å²) in [6, 6.07) is 0.387. The summed E-state index contributed by atoms with van der Waals surface area (Å²) in [5, 5.41) is 3.22. The minimum absolute atomic E-state index is 0.138. The van der Waals surface area contributed by atoms with Crippen LogP contribution in [0.15, 0.2) is 0 Å². The standard InChI is InChI=1S/C15H28N2OS/c1-12(11-19-2)15(18)16-14-7-8-17(10-14)9-13-5-3-4-6-13/h12-14H,3-11H2,1-2H3,(H,16,18)/t12-,14+/m0/s1. The second-order valence-electron chi connectivity index (χ2n) is 6.26. The Morgan fingerprint density at radius 1 is 1.37 bits per heavy atom. The zero-order valence-corrected chi connectivity index (χ0v) is 13.2. The maximum atomic E-state index is 12.0. The van der Waals surface area contributed by atoms with Crippen LogP contribution in [0.2, 0.25) is 0 Å². The van der Waals surface area contributed by atoms with E-state index in [1.165, 1.54) is 38.8 Å². The van der Waals surface area contributed by atoms with Crippen LogP contribution >= 0.6 is 11.8 Å². The molecule has 4 heteroatoms. The molecule has 0 aromatic heterocycles. The zero-order chi connectivity index (χ0) is 13.7. The van der Waals surface area contributed by atoms with Crippen LogP contribution in [0, 0.1) is 11.8 Å². The summed E-state index contributed by atoms with van der Waals surface area (Å²) >= 11 is 1.75. The Labute approximate surface area is 121 Å². The minimum Gasteiger partial charge on any atom is -0.352 e. The molecular formula is C15H28N2OS. The molecule has 1 heterocycles. The van der Waals surface area contributed by atoms with Gasteiger partial charge in [-0.2, -0.15) is 11.8 Å². The molecule has 110 valence electrons. The van der Waals surface area contributed by atoms with Crippen molar-refractivity contribution in [3.05, 3.63) is 0 Å². The van der Waals surface area contributed by atoms with Gasteiger partial charge in [0.2, 0.25) is 5.91 Å². The fraction of sp³-hybridized carbons (Fsp3) is 0.933. The van der Waals surface area contributed by atoms with Gasteiger partial charge in [0.25, 0.3) is 0 Å². The van der Waals surface area contributed by atoms with Gasteiger partial charge >= 0.3 is 0 Å². The monoisotopic (exact) mass is 284 g/mol. The highest BCUT2D eigenvalue weighted by Gasteiger charge is 2.27. The topological polar surface area (TPSA) is 32.3 Å². The molecule has 0 radical (unpaired) electrons. The maximum absolute atomic E-state index is 12.0. The van der Waals surface area contributed by atoms with E-state index >= 15 is 0 Å². The highest BCUT2D eigenvalue weighted by atomic mass is 32.2. The largest absolute Gasteiger partial charge is 0.352 e. The molecule has 1 aliphatic heterocycles. The first-order valence-corrected chi connectivity index (χ1v) is 9.10. The molecule has 2 fully saturated rings. The summed E-state index contributed by atoms with van der Waals surface area (Å²) in [5.41, 5.74) is 0. The summed E-state index contributed by atoms with van der Waals surface area (Å²) < 4.78 is 0. The van der Waals surface area contributed by atoms with Crippen LogP contribution in [-0.2, 0) is 4.79 Å². The van der Waals surface area contributed by atoms with Crippen LogP contribution in [0.3, 0.4) is 0 Å². The molecule has 0 bridgehead atoms. The van der Waals surface area contributed by atoms with E-state index in [9.17, 15) is 4.79 Å². The molecule has 19 heavy (non-hydrogen) atoms. The number of nitrogens with zero attached hydrogens (tertiary/aromatic N) is 1.